The minimum atomic E-state index is 0.0191. The summed E-state index contributed by atoms with van der Waals surface area (Å²) in [5, 5.41) is 0.704. The fourth-order valence-electron chi connectivity index (χ4n) is 3.98. The molecule has 0 radical (unpaired) electrons. The fourth-order valence-corrected chi connectivity index (χ4v) is 4.19. The van der Waals surface area contributed by atoms with E-state index in [0.29, 0.717) is 36.8 Å². The van der Waals surface area contributed by atoms with Gasteiger partial charge in [0.05, 0.1) is 18.7 Å². The highest BCUT2D eigenvalue weighted by atomic mass is 35.5. The van der Waals surface area contributed by atoms with Gasteiger partial charge >= 0.3 is 0 Å². The van der Waals surface area contributed by atoms with Gasteiger partial charge in [-0.3, -0.25) is 9.59 Å². The van der Waals surface area contributed by atoms with Crippen LogP contribution in [0.15, 0.2) is 34.9 Å². The number of halogens is 1. The average molecular weight is 402 g/mol. The molecule has 2 fully saturated rings. The van der Waals surface area contributed by atoms with Gasteiger partial charge < -0.3 is 14.2 Å². The van der Waals surface area contributed by atoms with Crippen molar-refractivity contribution in [1.82, 2.24) is 14.8 Å². The molecule has 148 valence electrons. The van der Waals surface area contributed by atoms with E-state index in [1.54, 1.807) is 11.1 Å². The second-order valence-electron chi connectivity index (χ2n) is 7.57. The van der Waals surface area contributed by atoms with E-state index >= 15 is 0 Å². The Morgan fingerprint density at radius 1 is 1.29 bits per heavy atom. The molecular weight excluding hydrogens is 378 g/mol. The van der Waals surface area contributed by atoms with Crippen LogP contribution in [0, 0.1) is 0 Å². The Morgan fingerprint density at radius 3 is 2.96 bits per heavy atom. The van der Waals surface area contributed by atoms with Crippen molar-refractivity contribution in [2.75, 3.05) is 26.2 Å². The van der Waals surface area contributed by atoms with Gasteiger partial charge in [0, 0.05) is 37.5 Å². The lowest BCUT2D eigenvalue weighted by Gasteiger charge is -2.32. The Kier molecular flexibility index (Phi) is 5.67. The highest BCUT2D eigenvalue weighted by Gasteiger charge is 2.30. The molecule has 3 heterocycles. The van der Waals surface area contributed by atoms with Crippen molar-refractivity contribution in [3.05, 3.63) is 52.7 Å². The summed E-state index contributed by atoms with van der Waals surface area (Å²) in [6.07, 6.45) is 5.67. The van der Waals surface area contributed by atoms with Crippen LogP contribution in [-0.2, 0) is 16.0 Å². The molecule has 1 aromatic heterocycles. The number of hydrogen-bond donors (Lipinski definition) is 0. The molecule has 0 spiro atoms. The molecule has 0 bridgehead atoms. The van der Waals surface area contributed by atoms with Crippen molar-refractivity contribution < 1.29 is 14.0 Å². The first-order chi connectivity index (χ1) is 13.6. The molecule has 2 saturated heterocycles. The lowest BCUT2D eigenvalue weighted by atomic mass is 9.98. The maximum atomic E-state index is 12.6. The van der Waals surface area contributed by atoms with Gasteiger partial charge in [0.2, 0.25) is 11.8 Å². The van der Waals surface area contributed by atoms with Crippen LogP contribution in [0.2, 0.25) is 5.02 Å². The van der Waals surface area contributed by atoms with E-state index < -0.39 is 0 Å². The molecule has 0 saturated carbocycles. The Bertz CT molecular complexity index is 866. The van der Waals surface area contributed by atoms with Crippen LogP contribution in [0.25, 0.3) is 0 Å². The summed E-state index contributed by atoms with van der Waals surface area (Å²) < 4.78 is 5.99. The summed E-state index contributed by atoms with van der Waals surface area (Å²) >= 11 is 6.05. The van der Waals surface area contributed by atoms with Gasteiger partial charge in [-0.05, 0) is 37.0 Å². The molecule has 7 heteroatoms. The number of likely N-dealkylation sites (tertiary alicyclic amines) is 2. The van der Waals surface area contributed by atoms with E-state index in [-0.39, 0.29) is 24.3 Å². The number of hydrogen-bond acceptors (Lipinski definition) is 4. The van der Waals surface area contributed by atoms with Gasteiger partial charge in [-0.1, -0.05) is 23.7 Å². The first-order valence-electron chi connectivity index (χ1n) is 9.83. The van der Waals surface area contributed by atoms with Crippen LogP contribution in [0.5, 0.6) is 0 Å². The van der Waals surface area contributed by atoms with Crippen molar-refractivity contribution in [3.63, 3.8) is 0 Å². The molecule has 0 unspecified atom stereocenters. The average Bonchev–Trinajstić information content (AvgIpc) is 3.31. The van der Waals surface area contributed by atoms with Crippen LogP contribution >= 0.6 is 11.6 Å². The van der Waals surface area contributed by atoms with Crippen LogP contribution in [0.4, 0.5) is 0 Å². The quantitative estimate of drug-likeness (QED) is 0.771. The zero-order valence-electron chi connectivity index (χ0n) is 15.8. The van der Waals surface area contributed by atoms with Gasteiger partial charge in [0.1, 0.15) is 5.76 Å². The topological polar surface area (TPSA) is 66.7 Å². The SMILES string of the molecule is O=C1CCCN1CC(=O)N1CCC[C@@H](c2ncc(Cc3cccc(Cl)c3)o2)C1. The molecule has 1 atom stereocenters. The highest BCUT2D eigenvalue weighted by Crippen LogP contribution is 2.27. The minimum absolute atomic E-state index is 0.0191. The maximum absolute atomic E-state index is 12.6. The summed E-state index contributed by atoms with van der Waals surface area (Å²) in [5.74, 6) is 1.68. The molecule has 28 heavy (non-hydrogen) atoms. The van der Waals surface area contributed by atoms with Gasteiger partial charge in [0.15, 0.2) is 5.89 Å². The molecule has 2 aliphatic rings. The van der Waals surface area contributed by atoms with Crippen LogP contribution in [-0.4, -0.2) is 52.8 Å². The standard InChI is InChI=1S/C21H24ClN3O3/c22-17-6-1-4-15(10-17)11-18-12-23-21(28-18)16-5-2-8-24(13-16)20(27)14-25-9-3-7-19(25)26/h1,4,6,10,12,16H,2-3,5,7-9,11,13-14H2/t16-/m1/s1. The summed E-state index contributed by atoms with van der Waals surface area (Å²) in [4.78, 5) is 32.4. The Labute approximate surface area is 169 Å². The maximum Gasteiger partial charge on any atom is 0.242 e. The Morgan fingerprint density at radius 2 is 2.18 bits per heavy atom. The molecule has 6 nitrogen and oxygen atoms in total. The van der Waals surface area contributed by atoms with Crippen molar-refractivity contribution in [1.29, 1.82) is 0 Å². The summed E-state index contributed by atoms with van der Waals surface area (Å²) in [7, 11) is 0. The first kappa shape index (κ1) is 19.0. The number of piperidine rings is 1. The number of carbonyl (C=O) groups excluding carboxylic acids is 2. The lowest BCUT2D eigenvalue weighted by Crippen LogP contribution is -2.45. The normalized spacial score (nSPS) is 20.0. The third-order valence-electron chi connectivity index (χ3n) is 5.46. The smallest absolute Gasteiger partial charge is 0.242 e. The zero-order valence-corrected chi connectivity index (χ0v) is 16.5. The van der Waals surface area contributed by atoms with E-state index in [2.05, 4.69) is 4.98 Å². The molecule has 4 rings (SSSR count). The highest BCUT2D eigenvalue weighted by molar-refractivity contribution is 6.30. The third-order valence-corrected chi connectivity index (χ3v) is 5.69. The number of aromatic nitrogens is 1. The third kappa shape index (κ3) is 4.38. The van der Waals surface area contributed by atoms with Gasteiger partial charge in [-0.2, -0.15) is 0 Å². The monoisotopic (exact) mass is 401 g/mol. The van der Waals surface area contributed by atoms with Gasteiger partial charge in [-0.25, -0.2) is 4.98 Å². The van der Waals surface area contributed by atoms with E-state index in [9.17, 15) is 9.59 Å². The number of oxazole rings is 1. The summed E-state index contributed by atoms with van der Waals surface area (Å²) in [6, 6.07) is 7.70. The minimum Gasteiger partial charge on any atom is -0.445 e. The van der Waals surface area contributed by atoms with Crippen molar-refractivity contribution in [3.8, 4) is 0 Å². The van der Waals surface area contributed by atoms with Crippen LogP contribution < -0.4 is 0 Å². The molecule has 0 aliphatic carbocycles. The number of amides is 2. The summed E-state index contributed by atoms with van der Waals surface area (Å²) in [6.45, 7) is 2.21. The predicted octanol–water partition coefficient (Wildman–Crippen LogP) is 3.25. The summed E-state index contributed by atoms with van der Waals surface area (Å²) in [5.41, 5.74) is 1.07. The molecular formula is C21H24ClN3O3. The Balaban J connectivity index is 1.37. The second-order valence-corrected chi connectivity index (χ2v) is 8.01. The molecule has 0 N–H and O–H groups in total. The first-order valence-corrected chi connectivity index (χ1v) is 10.2. The van der Waals surface area contributed by atoms with E-state index in [0.717, 1.165) is 37.1 Å². The van der Waals surface area contributed by atoms with Crippen molar-refractivity contribution in [2.45, 2.75) is 38.0 Å². The number of benzene rings is 1. The molecule has 2 amide bonds. The molecule has 2 aromatic rings. The number of nitrogens with zero attached hydrogens (tertiary/aromatic N) is 3. The van der Waals surface area contributed by atoms with Crippen molar-refractivity contribution in [2.24, 2.45) is 0 Å². The van der Waals surface area contributed by atoms with Crippen molar-refractivity contribution >= 4 is 23.4 Å². The van der Waals surface area contributed by atoms with E-state index in [4.69, 9.17) is 16.0 Å². The Hall–Kier alpha value is -2.34. The number of carbonyl (C=O) groups is 2. The largest absolute Gasteiger partial charge is 0.445 e. The van der Waals surface area contributed by atoms with Crippen LogP contribution in [0.1, 0.15) is 48.8 Å². The zero-order chi connectivity index (χ0) is 19.5. The molecule has 1 aromatic carbocycles. The van der Waals surface area contributed by atoms with E-state index in [1.165, 1.54) is 0 Å². The lowest BCUT2D eigenvalue weighted by molar-refractivity contribution is -0.139. The van der Waals surface area contributed by atoms with E-state index in [1.807, 2.05) is 29.2 Å². The second kappa shape index (κ2) is 8.35. The van der Waals surface area contributed by atoms with Gasteiger partial charge in [-0.15, -0.1) is 0 Å². The fraction of sp³-hybridized carbons (Fsp3) is 0.476. The predicted molar refractivity (Wildman–Crippen MR) is 105 cm³/mol. The van der Waals surface area contributed by atoms with Gasteiger partial charge in [0.25, 0.3) is 0 Å². The molecule has 2 aliphatic heterocycles. The number of rotatable bonds is 5. The van der Waals surface area contributed by atoms with Crippen LogP contribution in [0.3, 0.4) is 0 Å².